The van der Waals surface area contributed by atoms with Gasteiger partial charge in [0.2, 0.25) is 0 Å². The minimum Gasteiger partial charge on any atom is -0.423 e. The molecule has 0 fully saturated rings. The van der Waals surface area contributed by atoms with Gasteiger partial charge in [-0.2, -0.15) is 5.26 Å². The van der Waals surface area contributed by atoms with Gasteiger partial charge in [-0.25, -0.2) is 4.79 Å². The number of hydrogen-bond acceptors (Lipinski definition) is 4. The molecule has 2 aromatic rings. The maximum Gasteiger partial charge on any atom is 0.344 e. The third-order valence-electron chi connectivity index (χ3n) is 3.68. The number of rotatable bonds is 7. The minimum absolute atomic E-state index is 0.0367. The Morgan fingerprint density at radius 1 is 1.19 bits per heavy atom. The highest BCUT2D eigenvalue weighted by atomic mass is 127. The summed E-state index contributed by atoms with van der Waals surface area (Å²) in [6.45, 7) is 2.57. The van der Waals surface area contributed by atoms with E-state index in [0.717, 1.165) is 16.4 Å². The van der Waals surface area contributed by atoms with Crippen LogP contribution in [0.3, 0.4) is 0 Å². The second-order valence-corrected chi connectivity index (χ2v) is 6.88. The zero-order valence-corrected chi connectivity index (χ0v) is 17.0. The molecular weight excluding hydrogens is 455 g/mol. The first-order valence-corrected chi connectivity index (χ1v) is 9.59. The summed E-state index contributed by atoms with van der Waals surface area (Å²) >= 11 is 2.08. The first-order valence-electron chi connectivity index (χ1n) is 8.52. The number of unbranched alkanes of at least 4 members (excludes halogenated alkanes) is 1. The van der Waals surface area contributed by atoms with E-state index in [4.69, 9.17) is 4.74 Å². The fourth-order valence-corrected chi connectivity index (χ4v) is 2.82. The van der Waals surface area contributed by atoms with E-state index in [1.54, 1.807) is 36.4 Å². The molecule has 0 bridgehead atoms. The summed E-state index contributed by atoms with van der Waals surface area (Å²) in [6.07, 6.45) is 3.34. The lowest BCUT2D eigenvalue weighted by molar-refractivity contribution is -0.117. The highest BCUT2D eigenvalue weighted by Crippen LogP contribution is 2.18. The van der Waals surface area contributed by atoms with Crippen LogP contribution in [0, 0.1) is 14.9 Å². The number of nitriles is 1. The van der Waals surface area contributed by atoms with Crippen molar-refractivity contribution in [2.75, 3.05) is 6.54 Å². The molecule has 1 amide bonds. The summed E-state index contributed by atoms with van der Waals surface area (Å²) in [5.41, 5.74) is 1.21. The SMILES string of the molecule is CCCCNC(=O)/C(C#N)=C/c1ccc(OC(=O)c2ccccc2I)cc1. The van der Waals surface area contributed by atoms with Crippen molar-refractivity contribution in [2.24, 2.45) is 0 Å². The fraction of sp³-hybridized carbons (Fsp3) is 0.190. The van der Waals surface area contributed by atoms with Crippen molar-refractivity contribution in [3.8, 4) is 11.8 Å². The lowest BCUT2D eigenvalue weighted by atomic mass is 10.1. The van der Waals surface area contributed by atoms with E-state index in [0.29, 0.717) is 23.4 Å². The molecule has 0 aliphatic heterocycles. The number of hydrogen-bond donors (Lipinski definition) is 1. The van der Waals surface area contributed by atoms with Crippen LogP contribution in [0.25, 0.3) is 6.08 Å². The average Bonchev–Trinajstić information content (AvgIpc) is 2.67. The first kappa shape index (κ1) is 20.6. The van der Waals surface area contributed by atoms with Gasteiger partial charge in [-0.05, 0) is 64.9 Å². The van der Waals surface area contributed by atoms with Gasteiger partial charge in [0.15, 0.2) is 0 Å². The molecule has 2 aromatic carbocycles. The van der Waals surface area contributed by atoms with E-state index in [9.17, 15) is 14.9 Å². The number of nitrogens with zero attached hydrogens (tertiary/aromatic N) is 1. The third kappa shape index (κ3) is 6.22. The van der Waals surface area contributed by atoms with Crippen LogP contribution in [0.1, 0.15) is 35.7 Å². The van der Waals surface area contributed by atoms with Gasteiger partial charge >= 0.3 is 5.97 Å². The molecular formula is C21H19IN2O3. The van der Waals surface area contributed by atoms with E-state index in [1.807, 2.05) is 25.1 Å². The summed E-state index contributed by atoms with van der Waals surface area (Å²) in [7, 11) is 0. The molecule has 0 atom stereocenters. The molecule has 27 heavy (non-hydrogen) atoms. The molecule has 0 saturated carbocycles. The summed E-state index contributed by atoms with van der Waals surface area (Å²) in [4.78, 5) is 24.2. The van der Waals surface area contributed by atoms with Crippen LogP contribution < -0.4 is 10.1 Å². The maximum absolute atomic E-state index is 12.2. The largest absolute Gasteiger partial charge is 0.423 e. The van der Waals surface area contributed by atoms with Gasteiger partial charge in [0.05, 0.1) is 5.56 Å². The Morgan fingerprint density at radius 3 is 2.52 bits per heavy atom. The number of nitrogens with one attached hydrogen (secondary N) is 1. The summed E-state index contributed by atoms with van der Waals surface area (Å²) in [5.74, 6) is -0.431. The third-order valence-corrected chi connectivity index (χ3v) is 4.62. The van der Waals surface area contributed by atoms with Crippen LogP contribution in [0.15, 0.2) is 54.1 Å². The summed E-state index contributed by atoms with van der Waals surface area (Å²) in [5, 5.41) is 11.9. The maximum atomic E-state index is 12.2. The molecule has 2 rings (SSSR count). The molecule has 0 spiro atoms. The molecule has 0 radical (unpaired) electrons. The van der Waals surface area contributed by atoms with Crippen LogP contribution in [0.2, 0.25) is 0 Å². The van der Waals surface area contributed by atoms with Crippen LogP contribution >= 0.6 is 22.6 Å². The Morgan fingerprint density at radius 2 is 1.89 bits per heavy atom. The van der Waals surface area contributed by atoms with Gasteiger partial charge in [-0.3, -0.25) is 4.79 Å². The zero-order chi connectivity index (χ0) is 19.6. The first-order chi connectivity index (χ1) is 13.0. The Kier molecular flexibility index (Phi) is 8.01. The van der Waals surface area contributed by atoms with Gasteiger partial charge in [0, 0.05) is 10.1 Å². The highest BCUT2D eigenvalue weighted by Gasteiger charge is 2.12. The number of esters is 1. The second kappa shape index (κ2) is 10.5. The van der Waals surface area contributed by atoms with Crippen molar-refractivity contribution in [3.05, 3.63) is 68.8 Å². The lowest BCUT2D eigenvalue weighted by Gasteiger charge is -2.06. The van der Waals surface area contributed by atoms with Crippen molar-refractivity contribution < 1.29 is 14.3 Å². The van der Waals surface area contributed by atoms with Crippen LogP contribution in [-0.2, 0) is 4.79 Å². The van der Waals surface area contributed by atoms with Crippen LogP contribution in [-0.4, -0.2) is 18.4 Å². The van der Waals surface area contributed by atoms with E-state index in [2.05, 4.69) is 27.9 Å². The monoisotopic (exact) mass is 474 g/mol. The average molecular weight is 474 g/mol. The number of halogens is 1. The van der Waals surface area contributed by atoms with Crippen molar-refractivity contribution in [2.45, 2.75) is 19.8 Å². The van der Waals surface area contributed by atoms with Gasteiger partial charge in [-0.15, -0.1) is 0 Å². The Hall–Kier alpha value is -2.66. The number of carbonyl (C=O) groups is 2. The summed E-state index contributed by atoms with van der Waals surface area (Å²) in [6, 6.07) is 15.7. The molecule has 0 aliphatic rings. The smallest absolute Gasteiger partial charge is 0.344 e. The van der Waals surface area contributed by atoms with Crippen LogP contribution in [0.4, 0.5) is 0 Å². The Balaban J connectivity index is 2.05. The molecule has 138 valence electrons. The topological polar surface area (TPSA) is 79.2 Å². The van der Waals surface area contributed by atoms with Gasteiger partial charge in [0.25, 0.3) is 5.91 Å². The number of amides is 1. The van der Waals surface area contributed by atoms with Crippen molar-refractivity contribution in [1.82, 2.24) is 5.32 Å². The zero-order valence-electron chi connectivity index (χ0n) is 14.9. The van der Waals surface area contributed by atoms with E-state index in [1.165, 1.54) is 6.08 Å². The molecule has 0 unspecified atom stereocenters. The number of ether oxygens (including phenoxy) is 1. The molecule has 0 aromatic heterocycles. The van der Waals surface area contributed by atoms with E-state index < -0.39 is 5.97 Å². The van der Waals surface area contributed by atoms with Gasteiger partial charge in [0.1, 0.15) is 17.4 Å². The molecule has 6 heteroatoms. The molecule has 0 saturated heterocycles. The van der Waals surface area contributed by atoms with Gasteiger partial charge < -0.3 is 10.1 Å². The minimum atomic E-state index is -0.434. The Labute approximate surface area is 172 Å². The molecule has 5 nitrogen and oxygen atoms in total. The second-order valence-electron chi connectivity index (χ2n) is 5.72. The molecule has 0 heterocycles. The van der Waals surface area contributed by atoms with E-state index in [-0.39, 0.29) is 11.5 Å². The number of benzene rings is 2. The lowest BCUT2D eigenvalue weighted by Crippen LogP contribution is -2.25. The van der Waals surface area contributed by atoms with Gasteiger partial charge in [-0.1, -0.05) is 37.6 Å². The molecule has 0 aliphatic carbocycles. The summed E-state index contributed by atoms with van der Waals surface area (Å²) < 4.78 is 6.18. The van der Waals surface area contributed by atoms with E-state index >= 15 is 0 Å². The van der Waals surface area contributed by atoms with Crippen LogP contribution in [0.5, 0.6) is 5.75 Å². The standard InChI is InChI=1S/C21H19IN2O3/c1-2-3-12-24-20(25)16(14-23)13-15-8-10-17(11-9-15)27-21(26)18-6-4-5-7-19(18)22/h4-11,13H,2-3,12H2,1H3,(H,24,25)/b16-13+. The normalized spacial score (nSPS) is 10.8. The fourth-order valence-electron chi connectivity index (χ4n) is 2.21. The number of carbonyl (C=O) groups excluding carboxylic acids is 2. The van der Waals surface area contributed by atoms with Crippen molar-refractivity contribution in [1.29, 1.82) is 5.26 Å². The van der Waals surface area contributed by atoms with Crippen molar-refractivity contribution >= 4 is 40.5 Å². The van der Waals surface area contributed by atoms with Crippen molar-refractivity contribution in [3.63, 3.8) is 0 Å². The predicted octanol–water partition coefficient (Wildman–Crippen LogP) is 4.33. The quantitative estimate of drug-likeness (QED) is 0.162. The molecule has 1 N–H and O–H groups in total. The Bertz CT molecular complexity index is 883. The predicted molar refractivity (Wildman–Crippen MR) is 112 cm³/mol. The highest BCUT2D eigenvalue weighted by molar-refractivity contribution is 14.1.